The third-order valence-corrected chi connectivity index (χ3v) is 2.88. The van der Waals surface area contributed by atoms with Crippen LogP contribution in [0.5, 0.6) is 0 Å². The summed E-state index contributed by atoms with van der Waals surface area (Å²) in [5.41, 5.74) is 0.567. The summed E-state index contributed by atoms with van der Waals surface area (Å²) >= 11 is 4.92. The Kier molecular flexibility index (Phi) is 3.16. The zero-order chi connectivity index (χ0) is 14.2. The summed E-state index contributed by atoms with van der Waals surface area (Å²) < 4.78 is 40.4. The summed E-state index contributed by atoms with van der Waals surface area (Å²) in [6.45, 7) is 0. The summed E-state index contributed by atoms with van der Waals surface area (Å²) in [4.78, 5) is 0. The van der Waals surface area contributed by atoms with Gasteiger partial charge in [0.2, 0.25) is 10.6 Å². The van der Waals surface area contributed by atoms with E-state index in [-0.39, 0.29) is 10.5 Å². The van der Waals surface area contributed by atoms with Gasteiger partial charge in [-0.05, 0) is 36.5 Å². The Morgan fingerprint density at radius 3 is 2.32 bits per heavy atom. The van der Waals surface area contributed by atoms with Crippen LogP contribution in [-0.4, -0.2) is 14.3 Å². The Bertz CT molecular complexity index is 704. The Hall–Kier alpha value is -2.14. The largest absolute Gasteiger partial charge is 0.452 e. The second-order valence-corrected chi connectivity index (χ2v) is 4.09. The molecule has 19 heavy (non-hydrogen) atoms. The first-order chi connectivity index (χ1) is 8.84. The van der Waals surface area contributed by atoms with Crippen molar-refractivity contribution in [3.8, 4) is 11.8 Å². The van der Waals surface area contributed by atoms with Gasteiger partial charge in [-0.15, -0.1) is 5.10 Å². The van der Waals surface area contributed by atoms with Crippen molar-refractivity contribution in [2.24, 2.45) is 7.05 Å². The molecule has 0 saturated carbocycles. The third-order valence-electron chi connectivity index (χ3n) is 2.43. The molecule has 4 nitrogen and oxygen atoms in total. The SMILES string of the molecule is Cn1nc(C(F)(F)F)n(-c2ccc(C#N)cc2)c1=S. The second-order valence-electron chi connectivity index (χ2n) is 3.72. The average molecular weight is 284 g/mol. The molecule has 0 N–H and O–H groups in total. The standard InChI is InChI=1S/C11H7F3N4S/c1-17-10(19)18(9(16-17)11(12,13)14)8-4-2-7(6-15)3-5-8/h2-5H,1H3. The number of aromatic nitrogens is 3. The Balaban J connectivity index is 2.68. The van der Waals surface area contributed by atoms with Crippen LogP contribution < -0.4 is 0 Å². The van der Waals surface area contributed by atoms with Crippen molar-refractivity contribution in [2.45, 2.75) is 6.18 Å². The molecule has 98 valence electrons. The molecule has 0 aliphatic rings. The average Bonchev–Trinajstić information content (AvgIpc) is 2.66. The van der Waals surface area contributed by atoms with Gasteiger partial charge < -0.3 is 0 Å². The maximum Gasteiger partial charge on any atom is 0.452 e. The van der Waals surface area contributed by atoms with Crippen LogP contribution in [0.2, 0.25) is 0 Å². The highest BCUT2D eigenvalue weighted by Gasteiger charge is 2.38. The van der Waals surface area contributed by atoms with Gasteiger partial charge in [0.1, 0.15) is 0 Å². The molecule has 0 amide bonds. The molecular weight excluding hydrogens is 277 g/mol. The molecule has 0 aliphatic heterocycles. The molecule has 2 rings (SSSR count). The fraction of sp³-hybridized carbons (Fsp3) is 0.182. The Morgan fingerprint density at radius 2 is 1.84 bits per heavy atom. The van der Waals surface area contributed by atoms with E-state index in [0.717, 1.165) is 9.25 Å². The predicted octanol–water partition coefficient (Wildman–Crippen LogP) is 2.83. The van der Waals surface area contributed by atoms with Crippen LogP contribution in [0, 0.1) is 16.1 Å². The number of aryl methyl sites for hydroxylation is 1. The van der Waals surface area contributed by atoms with E-state index in [0.29, 0.717) is 5.56 Å². The van der Waals surface area contributed by atoms with Crippen molar-refractivity contribution in [3.05, 3.63) is 40.4 Å². The summed E-state index contributed by atoms with van der Waals surface area (Å²) in [5, 5.41) is 12.1. The number of hydrogen-bond donors (Lipinski definition) is 0. The maximum atomic E-state index is 12.9. The van der Waals surface area contributed by atoms with E-state index in [9.17, 15) is 13.2 Å². The molecule has 0 unspecified atom stereocenters. The van der Waals surface area contributed by atoms with Crippen LogP contribution in [0.4, 0.5) is 13.2 Å². The van der Waals surface area contributed by atoms with E-state index < -0.39 is 12.0 Å². The van der Waals surface area contributed by atoms with Gasteiger partial charge >= 0.3 is 6.18 Å². The number of hydrogen-bond acceptors (Lipinski definition) is 3. The van der Waals surface area contributed by atoms with Crippen molar-refractivity contribution in [1.29, 1.82) is 5.26 Å². The zero-order valence-corrected chi connectivity index (χ0v) is 10.5. The van der Waals surface area contributed by atoms with Gasteiger partial charge in [-0.25, -0.2) is 4.68 Å². The number of nitriles is 1. The fourth-order valence-electron chi connectivity index (χ4n) is 1.57. The van der Waals surface area contributed by atoms with Gasteiger partial charge in [-0.2, -0.15) is 18.4 Å². The highest BCUT2D eigenvalue weighted by Crippen LogP contribution is 2.30. The zero-order valence-electron chi connectivity index (χ0n) is 9.64. The van der Waals surface area contributed by atoms with Crippen LogP contribution in [0.1, 0.15) is 11.4 Å². The molecule has 8 heteroatoms. The lowest BCUT2D eigenvalue weighted by molar-refractivity contribution is -0.146. The van der Waals surface area contributed by atoms with Gasteiger partial charge in [-0.3, -0.25) is 4.57 Å². The lowest BCUT2D eigenvalue weighted by Crippen LogP contribution is -2.14. The van der Waals surface area contributed by atoms with Crippen LogP contribution in [0.3, 0.4) is 0 Å². The quantitative estimate of drug-likeness (QED) is 0.756. The first-order valence-electron chi connectivity index (χ1n) is 5.08. The van der Waals surface area contributed by atoms with Crippen LogP contribution in [0.25, 0.3) is 5.69 Å². The normalized spacial score (nSPS) is 11.3. The number of halogens is 3. The number of nitrogens with zero attached hydrogens (tertiary/aromatic N) is 4. The lowest BCUT2D eigenvalue weighted by Gasteiger charge is -2.08. The molecule has 0 radical (unpaired) electrons. The molecule has 2 aromatic rings. The van der Waals surface area contributed by atoms with E-state index in [1.54, 1.807) is 0 Å². The van der Waals surface area contributed by atoms with E-state index in [4.69, 9.17) is 17.5 Å². The first kappa shape index (κ1) is 13.3. The monoisotopic (exact) mass is 284 g/mol. The summed E-state index contributed by atoms with van der Waals surface area (Å²) in [6.07, 6.45) is -4.61. The summed E-state index contributed by atoms with van der Waals surface area (Å²) in [6, 6.07) is 7.52. The Labute approximate surface area is 111 Å². The van der Waals surface area contributed by atoms with Crippen molar-refractivity contribution >= 4 is 12.2 Å². The fourth-order valence-corrected chi connectivity index (χ4v) is 1.80. The minimum Gasteiger partial charge on any atom is -0.264 e. The number of rotatable bonds is 1. The molecule has 1 heterocycles. The molecule has 0 spiro atoms. The second kappa shape index (κ2) is 4.51. The smallest absolute Gasteiger partial charge is 0.264 e. The topological polar surface area (TPSA) is 46.5 Å². The minimum atomic E-state index is -4.61. The number of alkyl halides is 3. The van der Waals surface area contributed by atoms with Gasteiger partial charge in [0.15, 0.2) is 0 Å². The van der Waals surface area contributed by atoms with Gasteiger partial charge in [-0.1, -0.05) is 0 Å². The van der Waals surface area contributed by atoms with Crippen molar-refractivity contribution in [3.63, 3.8) is 0 Å². The van der Waals surface area contributed by atoms with Crippen LogP contribution in [-0.2, 0) is 13.2 Å². The van der Waals surface area contributed by atoms with E-state index >= 15 is 0 Å². The van der Waals surface area contributed by atoms with E-state index in [1.807, 2.05) is 6.07 Å². The predicted molar refractivity (Wildman–Crippen MR) is 63.1 cm³/mol. The van der Waals surface area contributed by atoms with E-state index in [1.165, 1.54) is 31.3 Å². The minimum absolute atomic E-state index is 0.0722. The molecule has 1 aromatic heterocycles. The van der Waals surface area contributed by atoms with E-state index in [2.05, 4.69) is 5.10 Å². The molecule has 0 saturated heterocycles. The highest BCUT2D eigenvalue weighted by molar-refractivity contribution is 7.71. The lowest BCUT2D eigenvalue weighted by atomic mass is 10.2. The first-order valence-corrected chi connectivity index (χ1v) is 5.49. The third kappa shape index (κ3) is 2.37. The molecule has 1 aromatic carbocycles. The number of benzene rings is 1. The van der Waals surface area contributed by atoms with Crippen LogP contribution >= 0.6 is 12.2 Å². The molecule has 0 atom stereocenters. The highest BCUT2D eigenvalue weighted by atomic mass is 32.1. The van der Waals surface area contributed by atoms with Crippen molar-refractivity contribution < 1.29 is 13.2 Å². The van der Waals surface area contributed by atoms with Crippen molar-refractivity contribution in [2.75, 3.05) is 0 Å². The summed E-state index contributed by atoms with van der Waals surface area (Å²) in [5.74, 6) is -1.09. The van der Waals surface area contributed by atoms with Gasteiger partial charge in [0.05, 0.1) is 17.3 Å². The van der Waals surface area contributed by atoms with Crippen LogP contribution in [0.15, 0.2) is 24.3 Å². The molecule has 0 bridgehead atoms. The van der Waals surface area contributed by atoms with Crippen molar-refractivity contribution in [1.82, 2.24) is 14.3 Å². The molecule has 0 aliphatic carbocycles. The Morgan fingerprint density at radius 1 is 1.26 bits per heavy atom. The molecule has 0 fully saturated rings. The summed E-state index contributed by atoms with van der Waals surface area (Å²) in [7, 11) is 1.34. The maximum absolute atomic E-state index is 12.9. The van der Waals surface area contributed by atoms with Gasteiger partial charge in [0.25, 0.3) is 0 Å². The molecular formula is C11H7F3N4S. The van der Waals surface area contributed by atoms with Gasteiger partial charge in [0, 0.05) is 7.05 Å².